The third-order valence-electron chi connectivity index (χ3n) is 7.40. The molecule has 32 heavy (non-hydrogen) atoms. The Hall–Kier alpha value is -3.46. The second-order valence-corrected chi connectivity index (χ2v) is 9.61. The van der Waals surface area contributed by atoms with Crippen LogP contribution < -0.4 is 21.1 Å². The molecule has 6 rings (SSSR count). The lowest BCUT2D eigenvalue weighted by atomic mass is 9.35. The first kappa shape index (κ1) is 19.2. The van der Waals surface area contributed by atoms with E-state index < -0.39 is 0 Å². The number of hydrogen-bond acceptors (Lipinski definition) is 2. The fourth-order valence-electron chi connectivity index (χ4n) is 5.41. The SMILES string of the molecule is CN1c2cccc3c2B(Cc2ccccc2/C=C\C1(C)C)c1c(ccc2ccccc12)N3. The monoisotopic (exact) mass is 414 g/mol. The summed E-state index contributed by atoms with van der Waals surface area (Å²) in [6.07, 6.45) is 5.62. The van der Waals surface area contributed by atoms with Gasteiger partial charge in [-0.2, -0.15) is 0 Å². The van der Waals surface area contributed by atoms with E-state index in [2.05, 4.69) is 122 Å². The second kappa shape index (κ2) is 7.03. The van der Waals surface area contributed by atoms with Crippen molar-refractivity contribution in [3.63, 3.8) is 0 Å². The number of benzene rings is 4. The van der Waals surface area contributed by atoms with Crippen LogP contribution in [-0.4, -0.2) is 19.3 Å². The van der Waals surface area contributed by atoms with Crippen LogP contribution in [0.4, 0.5) is 17.1 Å². The minimum atomic E-state index is -0.122. The van der Waals surface area contributed by atoms with E-state index in [1.807, 2.05) is 0 Å². The van der Waals surface area contributed by atoms with Crippen molar-refractivity contribution in [1.29, 1.82) is 0 Å². The summed E-state index contributed by atoms with van der Waals surface area (Å²) in [6, 6.07) is 28.9. The number of nitrogens with zero attached hydrogens (tertiary/aromatic N) is 1. The maximum absolute atomic E-state index is 3.78. The summed E-state index contributed by atoms with van der Waals surface area (Å²) in [7, 11) is 2.23. The highest BCUT2D eigenvalue weighted by molar-refractivity contribution is 6.90. The van der Waals surface area contributed by atoms with Crippen LogP contribution in [0, 0.1) is 0 Å². The molecule has 0 fully saturated rings. The average Bonchev–Trinajstić information content (AvgIpc) is 2.81. The quantitative estimate of drug-likeness (QED) is 0.381. The Morgan fingerprint density at radius 2 is 1.59 bits per heavy atom. The van der Waals surface area contributed by atoms with Gasteiger partial charge < -0.3 is 10.2 Å². The molecule has 2 aliphatic rings. The first-order valence-electron chi connectivity index (χ1n) is 11.5. The lowest BCUT2D eigenvalue weighted by Crippen LogP contribution is -2.53. The van der Waals surface area contributed by atoms with E-state index in [1.165, 1.54) is 49.9 Å². The van der Waals surface area contributed by atoms with Crippen LogP contribution in [0.25, 0.3) is 16.8 Å². The fraction of sp³-hybridized carbons (Fsp3) is 0.172. The molecule has 0 radical (unpaired) electrons. The molecule has 4 aromatic rings. The van der Waals surface area contributed by atoms with Gasteiger partial charge in [0.1, 0.15) is 0 Å². The minimum absolute atomic E-state index is 0.122. The summed E-state index contributed by atoms with van der Waals surface area (Å²) < 4.78 is 0. The Kier molecular flexibility index (Phi) is 4.23. The Balaban J connectivity index is 1.70. The van der Waals surface area contributed by atoms with E-state index in [0.717, 1.165) is 6.32 Å². The molecule has 0 aromatic heterocycles. The highest BCUT2D eigenvalue weighted by Crippen LogP contribution is 2.33. The zero-order chi connectivity index (χ0) is 21.9. The highest BCUT2D eigenvalue weighted by atomic mass is 15.2. The van der Waals surface area contributed by atoms with Crippen LogP contribution in [0.2, 0.25) is 0 Å². The number of hydrogen-bond donors (Lipinski definition) is 1. The van der Waals surface area contributed by atoms with Gasteiger partial charge in [0.15, 0.2) is 0 Å². The summed E-state index contributed by atoms with van der Waals surface area (Å²) in [6.45, 7) is 4.86. The van der Waals surface area contributed by atoms with Crippen molar-refractivity contribution in [2.45, 2.75) is 25.7 Å². The Labute approximate surface area is 190 Å². The molecule has 0 unspecified atom stereocenters. The lowest BCUT2D eigenvalue weighted by molar-refractivity contribution is 0.606. The molecule has 0 amide bonds. The van der Waals surface area contributed by atoms with Gasteiger partial charge >= 0.3 is 0 Å². The van der Waals surface area contributed by atoms with Crippen LogP contribution >= 0.6 is 0 Å². The molecule has 0 atom stereocenters. The molecule has 156 valence electrons. The number of rotatable bonds is 0. The minimum Gasteiger partial charge on any atom is -0.366 e. The number of fused-ring (bicyclic) bond motifs is 5. The molecule has 3 heteroatoms. The van der Waals surface area contributed by atoms with E-state index >= 15 is 0 Å². The Morgan fingerprint density at radius 3 is 2.50 bits per heavy atom. The van der Waals surface area contributed by atoms with Crippen molar-refractivity contribution in [2.24, 2.45) is 0 Å². The average molecular weight is 414 g/mol. The predicted octanol–water partition coefficient (Wildman–Crippen LogP) is 5.53. The first-order chi connectivity index (χ1) is 15.5. The van der Waals surface area contributed by atoms with Gasteiger partial charge in [-0.1, -0.05) is 72.8 Å². The molecule has 2 aliphatic heterocycles. The van der Waals surface area contributed by atoms with Gasteiger partial charge in [0.2, 0.25) is 6.71 Å². The molecular weight excluding hydrogens is 387 g/mol. The van der Waals surface area contributed by atoms with Gasteiger partial charge in [-0.25, -0.2) is 0 Å². The van der Waals surface area contributed by atoms with E-state index in [1.54, 1.807) is 0 Å². The van der Waals surface area contributed by atoms with E-state index in [-0.39, 0.29) is 12.3 Å². The molecule has 0 saturated carbocycles. The van der Waals surface area contributed by atoms with Gasteiger partial charge in [-0.3, -0.25) is 0 Å². The number of nitrogens with one attached hydrogen (secondary N) is 1. The standard InChI is InChI=1S/C29H27BN2/c1-29(2)18-17-20-9-4-5-11-22(20)19-30-27-23-12-7-6-10-21(23)15-16-25(27)31-24-13-8-14-26(28(24)30)32(29)3/h4-18,31H,19H2,1-3H3/b18-17-. The Bertz CT molecular complexity index is 1390. The van der Waals surface area contributed by atoms with Crippen LogP contribution in [0.3, 0.4) is 0 Å². The maximum Gasteiger partial charge on any atom is 0.222 e. The number of likely N-dealkylation sites (N-methyl/N-ethyl adjacent to an activating group) is 1. The molecule has 2 heterocycles. The van der Waals surface area contributed by atoms with Gasteiger partial charge in [0, 0.05) is 24.1 Å². The summed E-state index contributed by atoms with van der Waals surface area (Å²) in [5, 5.41) is 6.42. The summed E-state index contributed by atoms with van der Waals surface area (Å²) in [4.78, 5) is 2.43. The van der Waals surface area contributed by atoms with E-state index in [4.69, 9.17) is 0 Å². The van der Waals surface area contributed by atoms with E-state index in [9.17, 15) is 0 Å². The molecule has 4 aromatic carbocycles. The normalized spacial score (nSPS) is 17.1. The summed E-state index contributed by atoms with van der Waals surface area (Å²) in [5.74, 6) is 0. The zero-order valence-electron chi connectivity index (χ0n) is 18.9. The molecule has 0 spiro atoms. The van der Waals surface area contributed by atoms with Gasteiger partial charge in [0.25, 0.3) is 0 Å². The fourth-order valence-corrected chi connectivity index (χ4v) is 5.41. The van der Waals surface area contributed by atoms with E-state index in [0.29, 0.717) is 0 Å². The molecule has 0 bridgehead atoms. The highest BCUT2D eigenvalue weighted by Gasteiger charge is 2.36. The van der Waals surface area contributed by atoms with Crippen LogP contribution in [0.15, 0.2) is 84.9 Å². The topological polar surface area (TPSA) is 15.3 Å². The van der Waals surface area contributed by atoms with Gasteiger partial charge in [-0.15, -0.1) is 0 Å². The van der Waals surface area contributed by atoms with Crippen LogP contribution in [0.5, 0.6) is 0 Å². The van der Waals surface area contributed by atoms with Crippen molar-refractivity contribution < 1.29 is 0 Å². The predicted molar refractivity (Wildman–Crippen MR) is 140 cm³/mol. The molecule has 2 nitrogen and oxygen atoms in total. The Morgan fingerprint density at radius 1 is 0.812 bits per heavy atom. The molecular formula is C29H27BN2. The molecule has 0 saturated heterocycles. The third kappa shape index (κ3) is 2.88. The lowest BCUT2D eigenvalue weighted by Gasteiger charge is -2.40. The maximum atomic E-state index is 3.78. The van der Waals surface area contributed by atoms with Crippen LogP contribution in [0.1, 0.15) is 25.0 Å². The van der Waals surface area contributed by atoms with Crippen molar-refractivity contribution >= 4 is 51.5 Å². The third-order valence-corrected chi connectivity index (χ3v) is 7.40. The van der Waals surface area contributed by atoms with Gasteiger partial charge in [-0.05, 0) is 71.2 Å². The summed E-state index contributed by atoms with van der Waals surface area (Å²) in [5.41, 5.74) is 9.15. The van der Waals surface area contributed by atoms with Crippen LogP contribution in [-0.2, 0) is 6.32 Å². The molecule has 0 aliphatic carbocycles. The van der Waals surface area contributed by atoms with Crippen molar-refractivity contribution in [2.75, 3.05) is 17.3 Å². The first-order valence-corrected chi connectivity index (χ1v) is 11.5. The number of anilines is 3. The van der Waals surface area contributed by atoms with Gasteiger partial charge in [0.05, 0.1) is 5.54 Å². The van der Waals surface area contributed by atoms with Crippen molar-refractivity contribution in [3.8, 4) is 0 Å². The van der Waals surface area contributed by atoms with Crippen molar-refractivity contribution in [1.82, 2.24) is 0 Å². The smallest absolute Gasteiger partial charge is 0.222 e. The zero-order valence-corrected chi connectivity index (χ0v) is 18.9. The molecule has 1 N–H and O–H groups in total. The summed E-state index contributed by atoms with van der Waals surface area (Å²) >= 11 is 0. The largest absolute Gasteiger partial charge is 0.366 e. The second-order valence-electron chi connectivity index (χ2n) is 9.61. The van der Waals surface area contributed by atoms with Crippen molar-refractivity contribution in [3.05, 3.63) is 96.1 Å².